The Bertz CT molecular complexity index is 298. The first-order valence-corrected chi connectivity index (χ1v) is 4.65. The van der Waals surface area contributed by atoms with Gasteiger partial charge in [-0.3, -0.25) is 19.4 Å². The quantitative estimate of drug-likeness (QED) is 0.368. The summed E-state index contributed by atoms with van der Waals surface area (Å²) in [5.41, 5.74) is 0.0187. The van der Waals surface area contributed by atoms with Gasteiger partial charge in [0, 0.05) is 14.1 Å². The minimum absolute atomic E-state index is 0.0187. The lowest BCUT2D eigenvalue weighted by molar-refractivity contribution is -0.134. The van der Waals surface area contributed by atoms with E-state index in [4.69, 9.17) is 0 Å². The van der Waals surface area contributed by atoms with E-state index in [0.29, 0.717) is 0 Å². The molecule has 1 saturated heterocycles. The number of hydrogen-bond donors (Lipinski definition) is 0. The smallest absolute Gasteiger partial charge is 0.268 e. The molecule has 1 aliphatic rings. The van der Waals surface area contributed by atoms with Gasteiger partial charge < -0.3 is 0 Å². The molecule has 1 fully saturated rings. The number of likely N-dealkylation sites (N-methyl/N-ethyl adjacent to an activating group) is 2. The molecule has 70 valence electrons. The summed E-state index contributed by atoms with van der Waals surface area (Å²) in [7, 11) is 2.68. The van der Waals surface area contributed by atoms with Crippen LogP contribution in [-0.2, 0) is 9.59 Å². The normalized spacial score (nSPS) is 18.4. The largest absolute Gasteiger partial charge is 0.333 e. The van der Waals surface area contributed by atoms with E-state index >= 15 is 0 Å². The van der Waals surface area contributed by atoms with Gasteiger partial charge in [-0.2, -0.15) is 0 Å². The highest BCUT2D eigenvalue weighted by Gasteiger charge is 2.37. The van der Waals surface area contributed by atoms with Gasteiger partial charge in [0.1, 0.15) is 5.57 Å². The van der Waals surface area contributed by atoms with E-state index in [1.165, 1.54) is 18.2 Å². The molecule has 0 bridgehead atoms. The molecule has 1 rings (SSSR count). The lowest BCUT2D eigenvalue weighted by Crippen LogP contribution is -2.52. The minimum Gasteiger partial charge on any atom is -0.268 e. The average molecular weight is 294 g/mol. The van der Waals surface area contributed by atoms with Crippen LogP contribution in [0.15, 0.2) is 9.66 Å². The fraction of sp³-hybridized carbons (Fsp3) is 0.286. The van der Waals surface area contributed by atoms with Crippen LogP contribution in [0.25, 0.3) is 0 Å². The third-order valence-electron chi connectivity index (χ3n) is 1.75. The maximum Gasteiger partial charge on any atom is 0.333 e. The van der Waals surface area contributed by atoms with Crippen LogP contribution in [0.4, 0.5) is 4.79 Å². The molecule has 0 unspecified atom stereocenters. The zero-order valence-electron chi connectivity index (χ0n) is 7.07. The van der Waals surface area contributed by atoms with Crippen LogP contribution in [0.5, 0.6) is 0 Å². The van der Waals surface area contributed by atoms with Gasteiger partial charge in [-0.25, -0.2) is 4.79 Å². The van der Waals surface area contributed by atoms with Gasteiger partial charge in [0.2, 0.25) is 0 Å². The van der Waals surface area contributed by atoms with E-state index in [0.717, 1.165) is 9.80 Å². The van der Waals surface area contributed by atoms with Crippen LogP contribution in [0.3, 0.4) is 0 Å². The van der Waals surface area contributed by atoms with Crippen molar-refractivity contribution in [2.45, 2.75) is 0 Å². The summed E-state index contributed by atoms with van der Waals surface area (Å²) in [5, 5.41) is 0. The highest BCUT2D eigenvalue weighted by molar-refractivity contribution is 14.1. The van der Waals surface area contributed by atoms with Gasteiger partial charge >= 0.3 is 6.03 Å². The summed E-state index contributed by atoms with van der Waals surface area (Å²) in [6.07, 6.45) is 0. The molecule has 0 aromatic rings. The Morgan fingerprint density at radius 1 is 1.08 bits per heavy atom. The molecule has 4 amide bonds. The van der Waals surface area contributed by atoms with Crippen LogP contribution in [-0.4, -0.2) is 41.7 Å². The molecule has 1 heterocycles. The second-order valence-corrected chi connectivity index (χ2v) is 3.16. The second kappa shape index (κ2) is 3.44. The van der Waals surface area contributed by atoms with Gasteiger partial charge in [-0.05, 0) is 4.08 Å². The maximum absolute atomic E-state index is 11.3. The third-order valence-corrected chi connectivity index (χ3v) is 2.38. The second-order valence-electron chi connectivity index (χ2n) is 2.53. The molecule has 0 N–H and O–H groups in total. The Morgan fingerprint density at radius 2 is 1.46 bits per heavy atom. The first kappa shape index (κ1) is 10.2. The number of amides is 4. The van der Waals surface area contributed by atoms with Crippen molar-refractivity contribution in [3.63, 3.8) is 0 Å². The summed E-state index contributed by atoms with van der Waals surface area (Å²) in [4.78, 5) is 35.6. The third kappa shape index (κ3) is 1.45. The Hall–Kier alpha value is -0.920. The monoisotopic (exact) mass is 294 g/mol. The molecule has 0 aliphatic carbocycles. The number of barbiturate groups is 1. The number of urea groups is 1. The highest BCUT2D eigenvalue weighted by Crippen LogP contribution is 2.15. The first-order valence-electron chi connectivity index (χ1n) is 3.41. The number of rotatable bonds is 0. The van der Waals surface area contributed by atoms with Crippen molar-refractivity contribution in [3.05, 3.63) is 9.66 Å². The Morgan fingerprint density at radius 3 is 1.77 bits per heavy atom. The van der Waals surface area contributed by atoms with Gasteiger partial charge in [-0.15, -0.1) is 0 Å². The summed E-state index contributed by atoms with van der Waals surface area (Å²) < 4.78 is 1.38. The molecule has 1 aliphatic heterocycles. The first-order chi connectivity index (χ1) is 6.00. The van der Waals surface area contributed by atoms with Crippen molar-refractivity contribution in [1.82, 2.24) is 9.80 Å². The van der Waals surface area contributed by atoms with E-state index in [9.17, 15) is 14.4 Å². The number of carbonyl (C=O) groups excluding carboxylic acids is 3. The SMILES string of the molecule is CN1C(=O)C(=CI)C(=O)N(C)C1=O. The number of hydrogen-bond acceptors (Lipinski definition) is 3. The van der Waals surface area contributed by atoms with Gasteiger partial charge in [0.25, 0.3) is 11.8 Å². The van der Waals surface area contributed by atoms with E-state index in [-0.39, 0.29) is 5.57 Å². The van der Waals surface area contributed by atoms with Crippen LogP contribution < -0.4 is 0 Å². The predicted molar refractivity (Wildman–Crippen MR) is 53.0 cm³/mol. The molecule has 0 aromatic heterocycles. The minimum atomic E-state index is -0.600. The van der Waals surface area contributed by atoms with E-state index in [1.54, 1.807) is 22.6 Å². The maximum atomic E-state index is 11.3. The highest BCUT2D eigenvalue weighted by atomic mass is 127. The number of carbonyl (C=O) groups is 3. The standard InChI is InChI=1S/C7H7IN2O3/c1-9-5(11)4(3-8)6(12)10(2)7(9)13/h3H,1-2H3. The molecule has 6 heteroatoms. The van der Waals surface area contributed by atoms with Crippen molar-refractivity contribution in [2.75, 3.05) is 14.1 Å². The summed E-state index contributed by atoms with van der Waals surface area (Å²) in [5.74, 6) is -1.11. The van der Waals surface area contributed by atoms with Crippen LogP contribution >= 0.6 is 22.6 Å². The average Bonchev–Trinajstić information content (AvgIpc) is 2.13. The molecule has 0 saturated carbocycles. The molecule has 0 aromatic carbocycles. The van der Waals surface area contributed by atoms with Gasteiger partial charge in [0.05, 0.1) is 0 Å². The molecular weight excluding hydrogens is 287 g/mol. The van der Waals surface area contributed by atoms with Crippen molar-refractivity contribution in [3.8, 4) is 0 Å². The predicted octanol–water partition coefficient (Wildman–Crippen LogP) is 0.356. The zero-order chi connectivity index (χ0) is 10.2. The fourth-order valence-electron chi connectivity index (χ4n) is 0.945. The topological polar surface area (TPSA) is 57.7 Å². The molecule has 13 heavy (non-hydrogen) atoms. The number of halogens is 1. The van der Waals surface area contributed by atoms with Crippen molar-refractivity contribution < 1.29 is 14.4 Å². The lowest BCUT2D eigenvalue weighted by Gasteiger charge is -2.28. The number of nitrogens with zero attached hydrogens (tertiary/aromatic N) is 2. The van der Waals surface area contributed by atoms with E-state index in [1.807, 2.05) is 0 Å². The van der Waals surface area contributed by atoms with Gasteiger partial charge in [-0.1, -0.05) is 22.6 Å². The Balaban J connectivity index is 3.14. The van der Waals surface area contributed by atoms with Crippen molar-refractivity contribution >= 4 is 40.4 Å². The summed E-state index contributed by atoms with van der Waals surface area (Å²) in [6.45, 7) is 0. The van der Waals surface area contributed by atoms with Crippen LogP contribution in [0.1, 0.15) is 0 Å². The summed E-state index contributed by atoms with van der Waals surface area (Å²) >= 11 is 1.80. The van der Waals surface area contributed by atoms with Gasteiger partial charge in [0.15, 0.2) is 0 Å². The molecular formula is C7H7IN2O3. The number of imide groups is 2. The van der Waals surface area contributed by atoms with Crippen LogP contribution in [0, 0.1) is 0 Å². The zero-order valence-corrected chi connectivity index (χ0v) is 9.23. The Kier molecular flexibility index (Phi) is 2.69. The molecule has 5 nitrogen and oxygen atoms in total. The van der Waals surface area contributed by atoms with Crippen LogP contribution in [0.2, 0.25) is 0 Å². The molecule has 0 radical (unpaired) electrons. The van der Waals surface area contributed by atoms with Crippen molar-refractivity contribution in [1.29, 1.82) is 0 Å². The van der Waals surface area contributed by atoms with E-state index in [2.05, 4.69) is 0 Å². The molecule has 0 atom stereocenters. The molecule has 0 spiro atoms. The van der Waals surface area contributed by atoms with E-state index < -0.39 is 17.8 Å². The fourth-order valence-corrected chi connectivity index (χ4v) is 1.48. The van der Waals surface area contributed by atoms with Crippen molar-refractivity contribution in [2.24, 2.45) is 0 Å². The summed E-state index contributed by atoms with van der Waals surface area (Å²) in [6, 6.07) is -0.600. The lowest BCUT2D eigenvalue weighted by atomic mass is 10.2. The Labute approximate surface area is 88.5 Å².